The van der Waals surface area contributed by atoms with Crippen LogP contribution in [-0.4, -0.2) is 62.6 Å². The molecule has 0 heterocycles. The Morgan fingerprint density at radius 1 is 0.760 bits per heavy atom. The Morgan fingerprint density at radius 2 is 1.28 bits per heavy atom. The molecule has 0 saturated heterocycles. The van der Waals surface area contributed by atoms with E-state index in [1.54, 1.807) is 0 Å². The molecule has 0 amide bonds. The van der Waals surface area contributed by atoms with Crippen molar-refractivity contribution in [2.45, 2.75) is 71.4 Å². The van der Waals surface area contributed by atoms with Crippen molar-refractivity contribution in [3.63, 3.8) is 0 Å². The summed E-state index contributed by atoms with van der Waals surface area (Å²) in [6, 6.07) is 0. The van der Waals surface area contributed by atoms with Gasteiger partial charge in [-0.2, -0.15) is 0 Å². The molecule has 0 aromatic rings. The van der Waals surface area contributed by atoms with Gasteiger partial charge in [0.25, 0.3) is 0 Å². The molecule has 0 fully saturated rings. The van der Waals surface area contributed by atoms with Crippen molar-refractivity contribution >= 4 is 0 Å². The average molecular weight is 359 g/mol. The SMILES string of the molecule is C=CCCCC=CCOC(C)COC(C)COC(C)COC(C)CO. The van der Waals surface area contributed by atoms with E-state index in [9.17, 15) is 0 Å². The molecule has 0 aliphatic rings. The van der Waals surface area contributed by atoms with Gasteiger partial charge >= 0.3 is 0 Å². The molecule has 0 rings (SSSR count). The maximum Gasteiger partial charge on any atom is 0.0784 e. The fraction of sp³-hybridized carbons (Fsp3) is 0.800. The van der Waals surface area contributed by atoms with E-state index in [1.807, 2.05) is 33.8 Å². The molecule has 0 aromatic heterocycles. The third-order valence-corrected chi connectivity index (χ3v) is 3.53. The summed E-state index contributed by atoms with van der Waals surface area (Å²) in [6.45, 7) is 13.6. The first kappa shape index (κ1) is 24.3. The van der Waals surface area contributed by atoms with E-state index >= 15 is 0 Å². The lowest BCUT2D eigenvalue weighted by molar-refractivity contribution is -0.0873. The van der Waals surface area contributed by atoms with Gasteiger partial charge in [0.05, 0.1) is 57.5 Å². The van der Waals surface area contributed by atoms with E-state index in [4.69, 9.17) is 24.1 Å². The van der Waals surface area contributed by atoms with Crippen LogP contribution in [0.2, 0.25) is 0 Å². The maximum absolute atomic E-state index is 8.91. The largest absolute Gasteiger partial charge is 0.394 e. The van der Waals surface area contributed by atoms with E-state index in [-0.39, 0.29) is 31.0 Å². The van der Waals surface area contributed by atoms with E-state index < -0.39 is 0 Å². The first-order valence-electron chi connectivity index (χ1n) is 9.32. The summed E-state index contributed by atoms with van der Waals surface area (Å²) < 4.78 is 22.5. The zero-order valence-corrected chi connectivity index (χ0v) is 16.5. The summed E-state index contributed by atoms with van der Waals surface area (Å²) in [4.78, 5) is 0. The predicted molar refractivity (Wildman–Crippen MR) is 102 cm³/mol. The van der Waals surface area contributed by atoms with Crippen LogP contribution in [0.5, 0.6) is 0 Å². The lowest BCUT2D eigenvalue weighted by Gasteiger charge is -2.20. The molecule has 4 atom stereocenters. The zero-order valence-electron chi connectivity index (χ0n) is 16.5. The van der Waals surface area contributed by atoms with Gasteiger partial charge in [-0.25, -0.2) is 0 Å². The fourth-order valence-corrected chi connectivity index (χ4v) is 1.88. The van der Waals surface area contributed by atoms with E-state index in [2.05, 4.69) is 18.7 Å². The van der Waals surface area contributed by atoms with Gasteiger partial charge in [-0.05, 0) is 47.0 Å². The topological polar surface area (TPSA) is 57.2 Å². The zero-order chi connectivity index (χ0) is 18.9. The van der Waals surface area contributed by atoms with Crippen molar-refractivity contribution in [1.29, 1.82) is 0 Å². The number of unbranched alkanes of at least 4 members (excludes halogenated alkanes) is 2. The maximum atomic E-state index is 8.91. The van der Waals surface area contributed by atoms with Crippen molar-refractivity contribution < 1.29 is 24.1 Å². The van der Waals surface area contributed by atoms with Crippen LogP contribution in [0.3, 0.4) is 0 Å². The van der Waals surface area contributed by atoms with Crippen LogP contribution in [0.1, 0.15) is 47.0 Å². The standard InChI is InChI=1S/C20H38O5/c1-6-7-8-9-10-11-12-22-18(3)14-24-20(5)16-25-19(4)15-23-17(2)13-21/h6,10-11,17-21H,1,7-9,12-16H2,2-5H3. The van der Waals surface area contributed by atoms with Crippen LogP contribution in [0, 0.1) is 0 Å². The van der Waals surface area contributed by atoms with Crippen LogP contribution in [0.4, 0.5) is 0 Å². The van der Waals surface area contributed by atoms with Crippen molar-refractivity contribution in [2.24, 2.45) is 0 Å². The van der Waals surface area contributed by atoms with Crippen molar-refractivity contribution in [3.8, 4) is 0 Å². The number of aliphatic hydroxyl groups excluding tert-OH is 1. The van der Waals surface area contributed by atoms with Crippen molar-refractivity contribution in [1.82, 2.24) is 0 Å². The lowest BCUT2D eigenvalue weighted by atomic mass is 10.2. The third-order valence-electron chi connectivity index (χ3n) is 3.53. The second-order valence-corrected chi connectivity index (χ2v) is 6.45. The Bertz CT molecular complexity index is 332. The smallest absolute Gasteiger partial charge is 0.0784 e. The van der Waals surface area contributed by atoms with Crippen LogP contribution < -0.4 is 0 Å². The van der Waals surface area contributed by atoms with Gasteiger partial charge in [0.2, 0.25) is 0 Å². The molecule has 0 spiro atoms. The van der Waals surface area contributed by atoms with E-state index in [1.165, 1.54) is 0 Å². The van der Waals surface area contributed by atoms with Gasteiger partial charge in [0.15, 0.2) is 0 Å². The second kappa shape index (κ2) is 16.7. The van der Waals surface area contributed by atoms with Gasteiger partial charge in [-0.15, -0.1) is 6.58 Å². The molecule has 1 N–H and O–H groups in total. The Balaban J connectivity index is 3.62. The number of hydrogen-bond donors (Lipinski definition) is 1. The summed E-state index contributed by atoms with van der Waals surface area (Å²) in [7, 11) is 0. The highest BCUT2D eigenvalue weighted by atomic mass is 16.6. The van der Waals surface area contributed by atoms with Crippen LogP contribution in [-0.2, 0) is 18.9 Å². The Labute approximate surface area is 154 Å². The lowest BCUT2D eigenvalue weighted by Crippen LogP contribution is -2.28. The Hall–Kier alpha value is -0.720. The molecular formula is C20H38O5. The molecular weight excluding hydrogens is 320 g/mol. The minimum absolute atomic E-state index is 0.00166. The normalized spacial score (nSPS) is 16.7. The van der Waals surface area contributed by atoms with Crippen LogP contribution in [0.25, 0.3) is 0 Å². The van der Waals surface area contributed by atoms with E-state index in [0.717, 1.165) is 19.3 Å². The van der Waals surface area contributed by atoms with Gasteiger partial charge in [0, 0.05) is 0 Å². The molecule has 0 bridgehead atoms. The van der Waals surface area contributed by atoms with Crippen molar-refractivity contribution in [3.05, 3.63) is 24.8 Å². The molecule has 0 radical (unpaired) electrons. The highest BCUT2D eigenvalue weighted by molar-refractivity contribution is 4.82. The summed E-state index contributed by atoms with van der Waals surface area (Å²) in [5.74, 6) is 0. The minimum atomic E-state index is -0.159. The van der Waals surface area contributed by atoms with Gasteiger partial charge in [0.1, 0.15) is 0 Å². The highest BCUT2D eigenvalue weighted by Crippen LogP contribution is 2.02. The number of hydrogen-bond acceptors (Lipinski definition) is 5. The first-order valence-corrected chi connectivity index (χ1v) is 9.32. The molecule has 0 aromatic carbocycles. The first-order chi connectivity index (χ1) is 12.0. The molecule has 5 heteroatoms. The number of aliphatic hydroxyl groups is 1. The quantitative estimate of drug-likeness (QED) is 0.318. The highest BCUT2D eigenvalue weighted by Gasteiger charge is 2.10. The van der Waals surface area contributed by atoms with Gasteiger partial charge in [-0.1, -0.05) is 18.2 Å². The van der Waals surface area contributed by atoms with Crippen LogP contribution >= 0.6 is 0 Å². The third kappa shape index (κ3) is 16.5. The Morgan fingerprint density at radius 3 is 1.80 bits per heavy atom. The Kier molecular flexibility index (Phi) is 16.3. The number of allylic oxidation sites excluding steroid dienone is 2. The summed E-state index contributed by atoms with van der Waals surface area (Å²) in [5, 5.41) is 8.91. The van der Waals surface area contributed by atoms with Gasteiger partial charge in [-0.3, -0.25) is 0 Å². The molecule has 5 nitrogen and oxygen atoms in total. The average Bonchev–Trinajstić information content (AvgIpc) is 2.61. The summed E-state index contributed by atoms with van der Waals surface area (Å²) in [6.07, 6.45) is 9.26. The summed E-state index contributed by atoms with van der Waals surface area (Å²) >= 11 is 0. The summed E-state index contributed by atoms with van der Waals surface area (Å²) in [5.41, 5.74) is 0. The minimum Gasteiger partial charge on any atom is -0.394 e. The second-order valence-electron chi connectivity index (χ2n) is 6.45. The number of ether oxygens (including phenoxy) is 4. The molecule has 0 aliphatic carbocycles. The van der Waals surface area contributed by atoms with Crippen molar-refractivity contribution in [2.75, 3.05) is 33.0 Å². The van der Waals surface area contributed by atoms with Crippen LogP contribution in [0.15, 0.2) is 24.8 Å². The fourth-order valence-electron chi connectivity index (χ4n) is 1.88. The van der Waals surface area contributed by atoms with Gasteiger partial charge < -0.3 is 24.1 Å². The monoisotopic (exact) mass is 358 g/mol. The molecule has 148 valence electrons. The molecule has 0 saturated carbocycles. The molecule has 0 aliphatic heterocycles. The number of rotatable bonds is 17. The predicted octanol–water partition coefficient (Wildman–Crippen LogP) is 3.51. The molecule has 25 heavy (non-hydrogen) atoms. The molecule has 4 unspecified atom stereocenters. The van der Waals surface area contributed by atoms with E-state index in [0.29, 0.717) is 26.4 Å².